The molecule has 0 saturated carbocycles. The van der Waals surface area contributed by atoms with E-state index in [0.717, 1.165) is 31.0 Å². The number of nitrogens with zero attached hydrogens (tertiary/aromatic N) is 1. The van der Waals surface area contributed by atoms with Crippen LogP contribution in [-0.2, 0) is 4.74 Å². The van der Waals surface area contributed by atoms with Gasteiger partial charge in [0.05, 0.1) is 13.2 Å². The largest absolute Gasteiger partial charge is 0.381 e. The van der Waals surface area contributed by atoms with Crippen molar-refractivity contribution in [2.45, 2.75) is 32.2 Å². The highest BCUT2D eigenvalue weighted by molar-refractivity contribution is 4.91. The molecule has 3 unspecified atom stereocenters. The third-order valence-corrected chi connectivity index (χ3v) is 4.79. The van der Waals surface area contributed by atoms with Crippen LogP contribution in [0.25, 0.3) is 0 Å². The van der Waals surface area contributed by atoms with Gasteiger partial charge in [-0.1, -0.05) is 0 Å². The van der Waals surface area contributed by atoms with E-state index in [1.54, 1.807) is 0 Å². The lowest BCUT2D eigenvalue weighted by Gasteiger charge is -2.38. The number of hydrogen-bond acceptors (Lipinski definition) is 3. The summed E-state index contributed by atoms with van der Waals surface area (Å²) in [5, 5.41) is 3.61. The van der Waals surface area contributed by atoms with Gasteiger partial charge in [0.2, 0.25) is 0 Å². The quantitative estimate of drug-likeness (QED) is 0.786. The van der Waals surface area contributed by atoms with E-state index in [1.807, 2.05) is 0 Å². The van der Waals surface area contributed by atoms with Crippen molar-refractivity contribution in [2.24, 2.45) is 17.8 Å². The third kappa shape index (κ3) is 2.67. The number of nitrogens with one attached hydrogen (secondary N) is 1. The van der Waals surface area contributed by atoms with Gasteiger partial charge >= 0.3 is 0 Å². The summed E-state index contributed by atoms with van der Waals surface area (Å²) in [5.41, 5.74) is 0.349. The van der Waals surface area contributed by atoms with Gasteiger partial charge in [-0.05, 0) is 39.2 Å². The highest BCUT2D eigenvalue weighted by atomic mass is 16.5. The minimum atomic E-state index is 0.349. The Morgan fingerprint density at radius 2 is 1.94 bits per heavy atom. The van der Waals surface area contributed by atoms with E-state index in [2.05, 4.69) is 24.1 Å². The van der Waals surface area contributed by atoms with Crippen LogP contribution in [0.5, 0.6) is 0 Å². The van der Waals surface area contributed by atoms with Crippen LogP contribution in [0.4, 0.5) is 0 Å². The molecule has 0 amide bonds. The van der Waals surface area contributed by atoms with Crippen molar-refractivity contribution in [2.75, 3.05) is 39.4 Å². The van der Waals surface area contributed by atoms with E-state index in [4.69, 9.17) is 4.74 Å². The van der Waals surface area contributed by atoms with Crippen LogP contribution < -0.4 is 5.32 Å². The Balaban J connectivity index is 1.51. The second-order valence-electron chi connectivity index (χ2n) is 6.95. The first kappa shape index (κ1) is 11.9. The number of rotatable bonds is 2. The Hall–Kier alpha value is -0.120. The number of fused-ring (bicyclic) bond motifs is 1. The lowest BCUT2D eigenvalue weighted by molar-refractivity contribution is 0.134. The number of piperidine rings is 1. The zero-order valence-electron chi connectivity index (χ0n) is 11.2. The van der Waals surface area contributed by atoms with E-state index >= 15 is 0 Å². The van der Waals surface area contributed by atoms with Crippen molar-refractivity contribution >= 4 is 0 Å². The van der Waals surface area contributed by atoms with Crippen molar-refractivity contribution in [1.29, 1.82) is 0 Å². The van der Waals surface area contributed by atoms with Crippen LogP contribution in [0, 0.1) is 17.8 Å². The molecule has 3 atom stereocenters. The van der Waals surface area contributed by atoms with Gasteiger partial charge < -0.3 is 15.0 Å². The average molecular weight is 238 g/mol. The molecule has 0 aliphatic carbocycles. The number of hydrogen-bond donors (Lipinski definition) is 1. The van der Waals surface area contributed by atoms with Crippen LogP contribution in [0.2, 0.25) is 0 Å². The maximum atomic E-state index is 5.55. The molecule has 0 bridgehead atoms. The molecule has 3 heteroatoms. The van der Waals surface area contributed by atoms with E-state index in [1.165, 1.54) is 39.0 Å². The lowest BCUT2D eigenvalue weighted by Crippen LogP contribution is -2.48. The van der Waals surface area contributed by atoms with Crippen molar-refractivity contribution < 1.29 is 4.74 Å². The van der Waals surface area contributed by atoms with Gasteiger partial charge in [-0.3, -0.25) is 0 Å². The summed E-state index contributed by atoms with van der Waals surface area (Å²) in [6.45, 7) is 11.8. The Morgan fingerprint density at radius 3 is 2.59 bits per heavy atom. The van der Waals surface area contributed by atoms with Crippen LogP contribution in [0.1, 0.15) is 26.7 Å². The highest BCUT2D eigenvalue weighted by Gasteiger charge is 2.38. The summed E-state index contributed by atoms with van der Waals surface area (Å²) in [4.78, 5) is 2.70. The van der Waals surface area contributed by atoms with E-state index in [0.29, 0.717) is 5.54 Å². The highest BCUT2D eigenvalue weighted by Crippen LogP contribution is 2.31. The molecular formula is C14H26N2O. The second kappa shape index (κ2) is 4.52. The summed E-state index contributed by atoms with van der Waals surface area (Å²) >= 11 is 0. The van der Waals surface area contributed by atoms with Crippen molar-refractivity contribution in [3.05, 3.63) is 0 Å². The maximum Gasteiger partial charge on any atom is 0.0510 e. The normalized spacial score (nSPS) is 41.6. The summed E-state index contributed by atoms with van der Waals surface area (Å²) < 4.78 is 5.55. The monoisotopic (exact) mass is 238 g/mol. The van der Waals surface area contributed by atoms with E-state index < -0.39 is 0 Å². The standard InChI is InChI=1S/C14H26N2O/c1-14(2)5-11(3-4-15-14)6-16-7-12-9-17-10-13(12)8-16/h11-13,15H,3-10H2,1-2H3. The van der Waals surface area contributed by atoms with Gasteiger partial charge in [-0.25, -0.2) is 0 Å². The zero-order chi connectivity index (χ0) is 11.9. The first-order valence-electron chi connectivity index (χ1n) is 7.17. The van der Waals surface area contributed by atoms with E-state index in [9.17, 15) is 0 Å². The average Bonchev–Trinajstić information content (AvgIpc) is 2.75. The molecule has 3 nitrogen and oxygen atoms in total. The molecule has 17 heavy (non-hydrogen) atoms. The van der Waals surface area contributed by atoms with Crippen LogP contribution in [0.15, 0.2) is 0 Å². The molecule has 3 heterocycles. The van der Waals surface area contributed by atoms with Crippen LogP contribution in [0.3, 0.4) is 0 Å². The smallest absolute Gasteiger partial charge is 0.0510 e. The van der Waals surface area contributed by atoms with Crippen molar-refractivity contribution in [1.82, 2.24) is 10.2 Å². The molecule has 3 aliphatic heterocycles. The molecular weight excluding hydrogens is 212 g/mol. The van der Waals surface area contributed by atoms with Gasteiger partial charge in [0.1, 0.15) is 0 Å². The molecule has 0 aromatic rings. The van der Waals surface area contributed by atoms with Crippen molar-refractivity contribution in [3.8, 4) is 0 Å². The van der Waals surface area contributed by atoms with Crippen molar-refractivity contribution in [3.63, 3.8) is 0 Å². The molecule has 98 valence electrons. The van der Waals surface area contributed by atoms with Crippen LogP contribution >= 0.6 is 0 Å². The molecule has 3 aliphatic rings. The molecule has 3 rings (SSSR count). The predicted octanol–water partition coefficient (Wildman–Crippen LogP) is 1.34. The zero-order valence-corrected chi connectivity index (χ0v) is 11.2. The van der Waals surface area contributed by atoms with Gasteiger partial charge in [0, 0.05) is 37.0 Å². The first-order chi connectivity index (χ1) is 8.12. The summed E-state index contributed by atoms with van der Waals surface area (Å²) in [7, 11) is 0. The number of ether oxygens (including phenoxy) is 1. The van der Waals surface area contributed by atoms with Gasteiger partial charge in [-0.2, -0.15) is 0 Å². The summed E-state index contributed by atoms with van der Waals surface area (Å²) in [6.07, 6.45) is 2.68. The minimum absolute atomic E-state index is 0.349. The molecule has 0 aromatic carbocycles. The van der Waals surface area contributed by atoms with Gasteiger partial charge in [0.25, 0.3) is 0 Å². The number of likely N-dealkylation sites (tertiary alicyclic amines) is 1. The minimum Gasteiger partial charge on any atom is -0.381 e. The fraction of sp³-hybridized carbons (Fsp3) is 1.00. The van der Waals surface area contributed by atoms with E-state index in [-0.39, 0.29) is 0 Å². The van der Waals surface area contributed by atoms with Gasteiger partial charge in [0.15, 0.2) is 0 Å². The fourth-order valence-electron chi connectivity index (χ4n) is 3.96. The molecule has 1 N–H and O–H groups in total. The lowest BCUT2D eigenvalue weighted by atomic mass is 9.84. The Kier molecular flexibility index (Phi) is 3.18. The Bertz CT molecular complexity index is 267. The molecule has 0 aromatic heterocycles. The predicted molar refractivity (Wildman–Crippen MR) is 69.0 cm³/mol. The second-order valence-corrected chi connectivity index (χ2v) is 6.95. The molecule has 0 spiro atoms. The molecule has 3 saturated heterocycles. The first-order valence-corrected chi connectivity index (χ1v) is 7.17. The summed E-state index contributed by atoms with van der Waals surface area (Å²) in [5.74, 6) is 2.57. The van der Waals surface area contributed by atoms with Gasteiger partial charge in [-0.15, -0.1) is 0 Å². The Labute approximate surface area is 105 Å². The SMILES string of the molecule is CC1(C)CC(CN2CC3COCC3C2)CCN1. The third-order valence-electron chi connectivity index (χ3n) is 4.79. The summed E-state index contributed by atoms with van der Waals surface area (Å²) in [6, 6.07) is 0. The molecule has 0 radical (unpaired) electrons. The topological polar surface area (TPSA) is 24.5 Å². The maximum absolute atomic E-state index is 5.55. The van der Waals surface area contributed by atoms with Crippen LogP contribution in [-0.4, -0.2) is 49.8 Å². The molecule has 3 fully saturated rings. The Morgan fingerprint density at radius 1 is 1.24 bits per heavy atom. The fourth-order valence-corrected chi connectivity index (χ4v) is 3.96.